The van der Waals surface area contributed by atoms with E-state index in [-0.39, 0.29) is 25.5 Å². The lowest BCUT2D eigenvalue weighted by Gasteiger charge is -2.27. The van der Waals surface area contributed by atoms with E-state index in [1.54, 1.807) is 0 Å². The second-order valence-electron chi connectivity index (χ2n) is 9.41. The second-order valence-corrected chi connectivity index (χ2v) is 11.0. The maximum atomic E-state index is 13.1. The van der Waals surface area contributed by atoms with Gasteiger partial charge in [-0.1, -0.05) is 86.1 Å². The van der Waals surface area contributed by atoms with Crippen LogP contribution in [0.15, 0.2) is 66.7 Å². The molecule has 2 amide bonds. The minimum Gasteiger partial charge on any atom is -0.459 e. The van der Waals surface area contributed by atoms with Crippen LogP contribution in [-0.4, -0.2) is 45.6 Å². The van der Waals surface area contributed by atoms with Crippen LogP contribution in [0.25, 0.3) is 10.8 Å². The van der Waals surface area contributed by atoms with Crippen LogP contribution in [0.1, 0.15) is 30.5 Å². The molecule has 0 unspecified atom stereocenters. The molecule has 9 heteroatoms. The number of ether oxygens (including phenoxy) is 1. The van der Waals surface area contributed by atoms with Gasteiger partial charge in [-0.15, -0.1) is 0 Å². The third-order valence-corrected chi connectivity index (χ3v) is 6.24. The molecule has 192 valence electrons. The Morgan fingerprint density at radius 3 is 2.31 bits per heavy atom. The number of hydrogen-bond acceptors (Lipinski definition) is 4. The van der Waals surface area contributed by atoms with Crippen LogP contribution in [0, 0.1) is 12.8 Å². The van der Waals surface area contributed by atoms with Crippen LogP contribution >= 0.6 is 7.60 Å². The Bertz CT molecular complexity index is 1240. The standard InChI is InChI=1S/C27H33N2O6P/c1-19(2)16-29(18-36(32,33)34)27(31)28-25(26(30)35-17-21-7-5-4-6-8-21)15-22-10-12-23-13-20(3)9-11-24(23)14-22/h4-14,19,25H,15-18H2,1-3H3,(H,28,31)(H2,32,33,34)/t25-/m0/s1. The van der Waals surface area contributed by atoms with Crippen molar-refractivity contribution in [3.8, 4) is 0 Å². The SMILES string of the molecule is Cc1ccc2cc(C[C@H](NC(=O)N(CC(C)C)CP(=O)(O)O)C(=O)OCc3ccccc3)ccc2c1. The lowest BCUT2D eigenvalue weighted by atomic mass is 10.0. The fraction of sp³-hybridized carbons (Fsp3) is 0.333. The summed E-state index contributed by atoms with van der Waals surface area (Å²) in [6.45, 7) is 5.85. The summed E-state index contributed by atoms with van der Waals surface area (Å²) < 4.78 is 17.1. The summed E-state index contributed by atoms with van der Waals surface area (Å²) in [5.74, 6) is -0.661. The maximum Gasteiger partial charge on any atom is 0.344 e. The predicted octanol–water partition coefficient (Wildman–Crippen LogP) is 4.61. The predicted molar refractivity (Wildman–Crippen MR) is 139 cm³/mol. The van der Waals surface area contributed by atoms with Gasteiger partial charge in [0.1, 0.15) is 18.9 Å². The molecule has 0 saturated carbocycles. The van der Waals surface area contributed by atoms with Crippen molar-refractivity contribution in [2.45, 2.75) is 39.8 Å². The first-order valence-corrected chi connectivity index (χ1v) is 13.6. The van der Waals surface area contributed by atoms with Gasteiger partial charge in [0.25, 0.3) is 0 Å². The number of carbonyl (C=O) groups is 2. The molecule has 8 nitrogen and oxygen atoms in total. The van der Waals surface area contributed by atoms with Crippen molar-refractivity contribution < 1.29 is 28.7 Å². The molecular formula is C27H33N2O6P. The number of nitrogens with zero attached hydrogens (tertiary/aromatic N) is 1. The largest absolute Gasteiger partial charge is 0.459 e. The highest BCUT2D eigenvalue weighted by Gasteiger charge is 2.29. The van der Waals surface area contributed by atoms with Crippen LogP contribution < -0.4 is 5.32 Å². The van der Waals surface area contributed by atoms with Crippen molar-refractivity contribution in [3.63, 3.8) is 0 Å². The van der Waals surface area contributed by atoms with Crippen molar-refractivity contribution in [3.05, 3.63) is 83.4 Å². The van der Waals surface area contributed by atoms with Crippen LogP contribution in [0.2, 0.25) is 0 Å². The van der Waals surface area contributed by atoms with Crippen molar-refractivity contribution in [2.24, 2.45) is 5.92 Å². The number of carbonyl (C=O) groups excluding carboxylic acids is 2. The molecule has 3 aromatic carbocycles. The average Bonchev–Trinajstić information content (AvgIpc) is 2.81. The van der Waals surface area contributed by atoms with Gasteiger partial charge in [-0.2, -0.15) is 0 Å². The normalized spacial score (nSPS) is 12.4. The molecule has 0 heterocycles. The summed E-state index contributed by atoms with van der Waals surface area (Å²) in [7, 11) is -4.50. The first kappa shape index (κ1) is 27.4. The summed E-state index contributed by atoms with van der Waals surface area (Å²) in [5, 5.41) is 4.72. The molecule has 0 bridgehead atoms. The first-order chi connectivity index (χ1) is 17.0. The third-order valence-electron chi connectivity index (χ3n) is 5.53. The van der Waals surface area contributed by atoms with Gasteiger partial charge in [0, 0.05) is 13.0 Å². The van der Waals surface area contributed by atoms with E-state index < -0.39 is 31.9 Å². The summed E-state index contributed by atoms with van der Waals surface area (Å²) in [5.41, 5.74) is 2.76. The number of aryl methyl sites for hydroxylation is 1. The molecule has 0 aliphatic heterocycles. The van der Waals surface area contributed by atoms with E-state index in [1.165, 1.54) is 0 Å². The summed E-state index contributed by atoms with van der Waals surface area (Å²) in [6.07, 6.45) is -0.577. The molecule has 0 fully saturated rings. The van der Waals surface area contributed by atoms with E-state index in [2.05, 4.69) is 11.4 Å². The van der Waals surface area contributed by atoms with Crippen molar-refractivity contribution >= 4 is 30.4 Å². The number of hydrogen-bond donors (Lipinski definition) is 3. The second kappa shape index (κ2) is 12.2. The lowest BCUT2D eigenvalue weighted by Crippen LogP contribution is -2.50. The zero-order valence-electron chi connectivity index (χ0n) is 20.8. The molecule has 0 aromatic heterocycles. The third kappa shape index (κ3) is 8.48. The smallest absolute Gasteiger partial charge is 0.344 e. The number of amides is 2. The van der Waals surface area contributed by atoms with E-state index in [9.17, 15) is 23.9 Å². The van der Waals surface area contributed by atoms with E-state index >= 15 is 0 Å². The van der Waals surface area contributed by atoms with Gasteiger partial charge in [-0.3, -0.25) is 4.57 Å². The van der Waals surface area contributed by atoms with Crippen LogP contribution in [0.5, 0.6) is 0 Å². The molecule has 3 N–H and O–H groups in total. The zero-order chi connectivity index (χ0) is 26.3. The van der Waals surface area contributed by atoms with Gasteiger partial charge in [0.05, 0.1) is 0 Å². The molecule has 1 atom stereocenters. The number of urea groups is 1. The minimum absolute atomic E-state index is 0.0327. The van der Waals surface area contributed by atoms with E-state index in [0.29, 0.717) is 0 Å². The lowest BCUT2D eigenvalue weighted by molar-refractivity contribution is -0.147. The molecule has 3 aromatic rings. The zero-order valence-corrected chi connectivity index (χ0v) is 21.7. The van der Waals surface area contributed by atoms with Crippen molar-refractivity contribution in [1.29, 1.82) is 0 Å². The van der Waals surface area contributed by atoms with E-state index in [4.69, 9.17) is 4.74 Å². The Balaban J connectivity index is 1.82. The number of fused-ring (bicyclic) bond motifs is 1. The molecule has 3 rings (SSSR count). The van der Waals surface area contributed by atoms with Gasteiger partial charge in [-0.25, -0.2) is 9.59 Å². The highest BCUT2D eigenvalue weighted by molar-refractivity contribution is 7.51. The van der Waals surface area contributed by atoms with Gasteiger partial charge in [0.15, 0.2) is 0 Å². The summed E-state index contributed by atoms with van der Waals surface area (Å²) in [6, 6.07) is 19.3. The first-order valence-electron chi connectivity index (χ1n) is 11.8. The summed E-state index contributed by atoms with van der Waals surface area (Å²) >= 11 is 0. The topological polar surface area (TPSA) is 116 Å². The Hall–Kier alpha value is -3.19. The average molecular weight is 513 g/mol. The van der Waals surface area contributed by atoms with Crippen molar-refractivity contribution in [2.75, 3.05) is 12.8 Å². The summed E-state index contributed by atoms with van der Waals surface area (Å²) in [4.78, 5) is 46.1. The van der Waals surface area contributed by atoms with Crippen LogP contribution in [0.4, 0.5) is 4.79 Å². The maximum absolute atomic E-state index is 13.1. The van der Waals surface area contributed by atoms with E-state index in [0.717, 1.165) is 32.4 Å². The monoisotopic (exact) mass is 512 g/mol. The Morgan fingerprint density at radius 2 is 1.64 bits per heavy atom. The Morgan fingerprint density at radius 1 is 0.972 bits per heavy atom. The number of esters is 1. The van der Waals surface area contributed by atoms with Crippen molar-refractivity contribution in [1.82, 2.24) is 10.2 Å². The molecule has 0 saturated heterocycles. The minimum atomic E-state index is -4.50. The fourth-order valence-corrected chi connectivity index (χ4v) is 4.60. The number of rotatable bonds is 10. The number of benzene rings is 3. The van der Waals surface area contributed by atoms with Crippen LogP contribution in [-0.2, 0) is 27.1 Å². The molecule has 0 aliphatic carbocycles. The molecule has 0 spiro atoms. The number of nitrogens with one attached hydrogen (secondary N) is 1. The molecular weight excluding hydrogens is 479 g/mol. The highest BCUT2D eigenvalue weighted by Crippen LogP contribution is 2.35. The Kier molecular flexibility index (Phi) is 9.26. The van der Waals surface area contributed by atoms with Crippen LogP contribution in [0.3, 0.4) is 0 Å². The van der Waals surface area contributed by atoms with E-state index in [1.807, 2.05) is 81.4 Å². The molecule has 0 radical (unpaired) electrons. The van der Waals surface area contributed by atoms with Gasteiger partial charge in [0.2, 0.25) is 0 Å². The van der Waals surface area contributed by atoms with Gasteiger partial charge < -0.3 is 24.7 Å². The van der Waals surface area contributed by atoms with Gasteiger partial charge >= 0.3 is 19.6 Å². The van der Waals surface area contributed by atoms with Gasteiger partial charge in [-0.05, 0) is 34.7 Å². The quantitative estimate of drug-likeness (QED) is 0.270. The Labute approximate surface area is 211 Å². The highest BCUT2D eigenvalue weighted by atomic mass is 31.2. The fourth-order valence-electron chi connectivity index (χ4n) is 3.91. The molecule has 0 aliphatic rings. The molecule has 36 heavy (non-hydrogen) atoms.